The van der Waals surface area contributed by atoms with Gasteiger partial charge in [-0.2, -0.15) is 5.10 Å². The highest BCUT2D eigenvalue weighted by Crippen LogP contribution is 2.17. The summed E-state index contributed by atoms with van der Waals surface area (Å²) in [5.74, 6) is 1.02. The second-order valence-electron chi connectivity index (χ2n) is 5.21. The SMILES string of the molecule is CC(C)NCc1ncnn1CCCC1CCCO1. The van der Waals surface area contributed by atoms with E-state index in [2.05, 4.69) is 29.2 Å². The molecule has 0 radical (unpaired) electrons. The molecule has 5 nitrogen and oxygen atoms in total. The van der Waals surface area contributed by atoms with Crippen molar-refractivity contribution in [2.45, 2.75) is 64.8 Å². The van der Waals surface area contributed by atoms with Crippen molar-refractivity contribution >= 4 is 0 Å². The Hall–Kier alpha value is -0.940. The number of hydrogen-bond acceptors (Lipinski definition) is 4. The van der Waals surface area contributed by atoms with E-state index in [-0.39, 0.29) is 0 Å². The van der Waals surface area contributed by atoms with Gasteiger partial charge in [0.05, 0.1) is 12.6 Å². The molecule has 1 aromatic rings. The van der Waals surface area contributed by atoms with Crippen molar-refractivity contribution in [1.29, 1.82) is 0 Å². The first kappa shape index (κ1) is 13.5. The third-order valence-corrected chi connectivity index (χ3v) is 3.28. The normalized spacial score (nSPS) is 19.8. The maximum Gasteiger partial charge on any atom is 0.140 e. The second kappa shape index (κ2) is 6.85. The minimum Gasteiger partial charge on any atom is -0.378 e. The van der Waals surface area contributed by atoms with E-state index < -0.39 is 0 Å². The fraction of sp³-hybridized carbons (Fsp3) is 0.846. The number of rotatable bonds is 7. The summed E-state index contributed by atoms with van der Waals surface area (Å²) in [5, 5.41) is 7.65. The van der Waals surface area contributed by atoms with E-state index in [4.69, 9.17) is 4.74 Å². The highest BCUT2D eigenvalue weighted by atomic mass is 16.5. The predicted molar refractivity (Wildman–Crippen MR) is 70.2 cm³/mol. The van der Waals surface area contributed by atoms with Gasteiger partial charge in [-0.25, -0.2) is 9.67 Å². The van der Waals surface area contributed by atoms with Crippen molar-refractivity contribution < 1.29 is 4.74 Å². The van der Waals surface area contributed by atoms with Crippen molar-refractivity contribution in [1.82, 2.24) is 20.1 Å². The van der Waals surface area contributed by atoms with Gasteiger partial charge < -0.3 is 10.1 Å². The van der Waals surface area contributed by atoms with Crippen LogP contribution in [0.2, 0.25) is 0 Å². The molecule has 1 aliphatic rings. The first-order valence-corrected chi connectivity index (χ1v) is 6.97. The van der Waals surface area contributed by atoms with Crippen LogP contribution in [0.5, 0.6) is 0 Å². The molecule has 1 fully saturated rings. The van der Waals surface area contributed by atoms with Gasteiger partial charge in [0.2, 0.25) is 0 Å². The van der Waals surface area contributed by atoms with Gasteiger partial charge in [0.1, 0.15) is 12.2 Å². The molecule has 1 unspecified atom stereocenters. The van der Waals surface area contributed by atoms with Crippen molar-refractivity contribution in [2.24, 2.45) is 0 Å². The van der Waals surface area contributed by atoms with Gasteiger partial charge in [-0.15, -0.1) is 0 Å². The predicted octanol–water partition coefficient (Wildman–Crippen LogP) is 1.74. The summed E-state index contributed by atoms with van der Waals surface area (Å²) in [4.78, 5) is 4.30. The third-order valence-electron chi connectivity index (χ3n) is 3.28. The largest absolute Gasteiger partial charge is 0.378 e. The molecule has 1 aliphatic heterocycles. The topological polar surface area (TPSA) is 52.0 Å². The molecule has 2 rings (SSSR count). The Morgan fingerprint density at radius 1 is 1.56 bits per heavy atom. The minimum absolute atomic E-state index is 0.474. The van der Waals surface area contributed by atoms with Gasteiger partial charge in [-0.3, -0.25) is 0 Å². The van der Waals surface area contributed by atoms with Crippen molar-refractivity contribution in [3.63, 3.8) is 0 Å². The summed E-state index contributed by atoms with van der Waals surface area (Å²) in [6.45, 7) is 6.94. The molecule has 1 N–H and O–H groups in total. The number of hydrogen-bond donors (Lipinski definition) is 1. The van der Waals surface area contributed by atoms with Gasteiger partial charge in [0.25, 0.3) is 0 Å². The van der Waals surface area contributed by atoms with E-state index in [1.54, 1.807) is 6.33 Å². The fourth-order valence-electron chi connectivity index (χ4n) is 2.25. The van der Waals surface area contributed by atoms with Crippen LogP contribution in [0.3, 0.4) is 0 Å². The van der Waals surface area contributed by atoms with Crippen LogP contribution in [0.25, 0.3) is 0 Å². The quantitative estimate of drug-likeness (QED) is 0.803. The molecule has 1 atom stereocenters. The summed E-state index contributed by atoms with van der Waals surface area (Å²) in [6, 6.07) is 0.474. The van der Waals surface area contributed by atoms with E-state index in [9.17, 15) is 0 Å². The van der Waals surface area contributed by atoms with Crippen LogP contribution in [-0.2, 0) is 17.8 Å². The molecule has 0 saturated carbocycles. The minimum atomic E-state index is 0.474. The lowest BCUT2D eigenvalue weighted by Crippen LogP contribution is -2.24. The molecular weight excluding hydrogens is 228 g/mol. The second-order valence-corrected chi connectivity index (χ2v) is 5.21. The maximum absolute atomic E-state index is 5.62. The lowest BCUT2D eigenvalue weighted by Gasteiger charge is -2.11. The van der Waals surface area contributed by atoms with E-state index >= 15 is 0 Å². The summed E-state index contributed by atoms with van der Waals surface area (Å²) in [7, 11) is 0. The monoisotopic (exact) mass is 252 g/mol. The standard InChI is InChI=1S/C13H24N4O/c1-11(2)14-9-13-15-10-16-17(13)7-3-5-12-6-4-8-18-12/h10-12,14H,3-9H2,1-2H3. The van der Waals surface area contributed by atoms with E-state index in [1.807, 2.05) is 4.68 Å². The van der Waals surface area contributed by atoms with Crippen molar-refractivity contribution in [2.75, 3.05) is 6.61 Å². The third kappa shape index (κ3) is 4.07. The molecule has 0 aliphatic carbocycles. The van der Waals surface area contributed by atoms with Crippen LogP contribution < -0.4 is 5.32 Å². The zero-order valence-electron chi connectivity index (χ0n) is 11.4. The van der Waals surface area contributed by atoms with Gasteiger partial charge in [0.15, 0.2) is 0 Å². The van der Waals surface area contributed by atoms with Crippen LogP contribution >= 0.6 is 0 Å². The lowest BCUT2D eigenvalue weighted by molar-refractivity contribution is 0.101. The van der Waals surface area contributed by atoms with Crippen molar-refractivity contribution in [3.8, 4) is 0 Å². The van der Waals surface area contributed by atoms with E-state index in [0.29, 0.717) is 12.1 Å². The van der Waals surface area contributed by atoms with E-state index in [0.717, 1.165) is 38.4 Å². The lowest BCUT2D eigenvalue weighted by atomic mass is 10.1. The number of aromatic nitrogens is 3. The first-order chi connectivity index (χ1) is 8.75. The summed E-state index contributed by atoms with van der Waals surface area (Å²) < 4.78 is 7.63. The Morgan fingerprint density at radius 2 is 2.44 bits per heavy atom. The number of ether oxygens (including phenoxy) is 1. The van der Waals surface area contributed by atoms with Gasteiger partial charge in [-0.05, 0) is 25.7 Å². The molecular formula is C13H24N4O. The average Bonchev–Trinajstić information content (AvgIpc) is 2.97. The molecule has 102 valence electrons. The maximum atomic E-state index is 5.62. The Labute approximate surface area is 109 Å². The molecule has 1 saturated heterocycles. The van der Waals surface area contributed by atoms with Crippen LogP contribution in [0.4, 0.5) is 0 Å². The first-order valence-electron chi connectivity index (χ1n) is 6.97. The smallest absolute Gasteiger partial charge is 0.140 e. The number of nitrogens with zero attached hydrogens (tertiary/aromatic N) is 3. The molecule has 2 heterocycles. The van der Waals surface area contributed by atoms with Crippen LogP contribution in [0, 0.1) is 0 Å². The molecule has 0 amide bonds. The Bertz CT molecular complexity index is 345. The molecule has 1 aromatic heterocycles. The fourth-order valence-corrected chi connectivity index (χ4v) is 2.25. The molecule has 0 spiro atoms. The Balaban J connectivity index is 1.72. The summed E-state index contributed by atoms with van der Waals surface area (Å²) in [6.07, 6.45) is 6.81. The van der Waals surface area contributed by atoms with Gasteiger partial charge >= 0.3 is 0 Å². The van der Waals surface area contributed by atoms with Crippen LogP contribution in [0.15, 0.2) is 6.33 Å². The van der Waals surface area contributed by atoms with Gasteiger partial charge in [-0.1, -0.05) is 13.8 Å². The summed E-state index contributed by atoms with van der Waals surface area (Å²) >= 11 is 0. The van der Waals surface area contributed by atoms with Crippen LogP contribution in [-0.4, -0.2) is 33.5 Å². The Morgan fingerprint density at radius 3 is 3.17 bits per heavy atom. The average molecular weight is 252 g/mol. The molecule has 5 heteroatoms. The highest BCUT2D eigenvalue weighted by Gasteiger charge is 2.15. The summed E-state index contributed by atoms with van der Waals surface area (Å²) in [5.41, 5.74) is 0. The van der Waals surface area contributed by atoms with Crippen molar-refractivity contribution in [3.05, 3.63) is 12.2 Å². The molecule has 18 heavy (non-hydrogen) atoms. The van der Waals surface area contributed by atoms with Gasteiger partial charge in [0, 0.05) is 19.2 Å². The highest BCUT2D eigenvalue weighted by molar-refractivity contribution is 4.84. The zero-order chi connectivity index (χ0) is 12.8. The number of aryl methyl sites for hydroxylation is 1. The Kier molecular flexibility index (Phi) is 5.13. The molecule has 0 aromatic carbocycles. The number of nitrogens with one attached hydrogen (secondary N) is 1. The zero-order valence-corrected chi connectivity index (χ0v) is 11.4. The molecule has 0 bridgehead atoms. The van der Waals surface area contributed by atoms with Crippen LogP contribution in [0.1, 0.15) is 45.4 Å². The van der Waals surface area contributed by atoms with E-state index in [1.165, 1.54) is 12.8 Å².